The molecule has 42 heavy (non-hydrogen) atoms. The minimum Gasteiger partial charge on any atom is -0.506 e. The maximum atomic E-state index is 13.1. The third-order valence-electron chi connectivity index (χ3n) is 5.68. The Labute approximate surface area is 240 Å². The Morgan fingerprint density at radius 1 is 1.00 bits per heavy atom. The summed E-state index contributed by atoms with van der Waals surface area (Å²) < 4.78 is 92.1. The van der Waals surface area contributed by atoms with Gasteiger partial charge in [0.2, 0.25) is 10.0 Å². The Morgan fingerprint density at radius 2 is 1.67 bits per heavy atom. The third kappa shape index (κ3) is 9.19. The van der Waals surface area contributed by atoms with E-state index in [1.807, 2.05) is 0 Å². The van der Waals surface area contributed by atoms with Crippen molar-refractivity contribution in [1.82, 2.24) is 5.09 Å². The molecule has 0 saturated carbocycles. The van der Waals surface area contributed by atoms with Crippen molar-refractivity contribution >= 4 is 35.1 Å². The van der Waals surface area contributed by atoms with E-state index in [0.717, 1.165) is 18.4 Å². The van der Waals surface area contributed by atoms with E-state index in [-0.39, 0.29) is 41.6 Å². The van der Waals surface area contributed by atoms with Crippen LogP contribution in [-0.2, 0) is 29.8 Å². The van der Waals surface area contributed by atoms with Gasteiger partial charge in [0.1, 0.15) is 11.5 Å². The first-order valence-corrected chi connectivity index (χ1v) is 15.6. The minimum absolute atomic E-state index is 0.0671. The van der Waals surface area contributed by atoms with Crippen molar-refractivity contribution in [3.05, 3.63) is 71.8 Å². The standard InChI is InChI=1S/C26H29F3N3O8PS/c1-38-41(35,39-2)30-13-4-14-40-24-15-18(7-11-21(24)17-5-8-19(9-6-17)26(27,28)29)25(34)31-20-10-12-23(33)22(16-20)32-42(3,36)37/h5-12,15-16,32-33H,4,13-14H2,1-3H3,(H,30,35)(H,31,34). The van der Waals surface area contributed by atoms with Crippen LogP contribution >= 0.6 is 7.75 Å². The van der Waals surface area contributed by atoms with Gasteiger partial charge in [-0.05, 0) is 60.5 Å². The second-order valence-corrected chi connectivity index (χ2v) is 12.6. The fourth-order valence-electron chi connectivity index (χ4n) is 3.63. The largest absolute Gasteiger partial charge is 0.506 e. The minimum atomic E-state index is -4.51. The molecule has 0 saturated heterocycles. The summed E-state index contributed by atoms with van der Waals surface area (Å²) in [4.78, 5) is 13.0. The number of benzene rings is 3. The van der Waals surface area contributed by atoms with E-state index in [2.05, 4.69) is 15.1 Å². The predicted octanol–water partition coefficient (Wildman–Crippen LogP) is 5.46. The summed E-state index contributed by atoms with van der Waals surface area (Å²) in [5.41, 5.74) is 0.142. The summed E-state index contributed by atoms with van der Waals surface area (Å²) in [6.45, 7) is 0.247. The Bertz CT molecular complexity index is 1560. The first-order valence-electron chi connectivity index (χ1n) is 12.2. The highest BCUT2D eigenvalue weighted by Crippen LogP contribution is 2.41. The van der Waals surface area contributed by atoms with Gasteiger partial charge in [0.25, 0.3) is 5.91 Å². The van der Waals surface area contributed by atoms with Crippen molar-refractivity contribution < 1.29 is 49.8 Å². The summed E-state index contributed by atoms with van der Waals surface area (Å²) in [6.07, 6.45) is -3.29. The molecule has 0 aliphatic rings. The Kier molecular flexibility index (Phi) is 10.6. The number of alkyl halides is 3. The average molecular weight is 632 g/mol. The number of rotatable bonds is 13. The average Bonchev–Trinajstić information content (AvgIpc) is 2.93. The van der Waals surface area contributed by atoms with Crippen molar-refractivity contribution in [2.45, 2.75) is 12.6 Å². The van der Waals surface area contributed by atoms with Crippen LogP contribution in [-0.4, -0.2) is 53.1 Å². The SMILES string of the molecule is COP(=O)(NCCCOc1cc(C(=O)Nc2ccc(O)c(NS(C)(=O)=O)c2)ccc1-c1ccc(C(F)(F)F)cc1)OC. The molecule has 4 N–H and O–H groups in total. The van der Waals surface area contributed by atoms with Gasteiger partial charge >= 0.3 is 13.9 Å². The van der Waals surface area contributed by atoms with Crippen molar-refractivity contribution in [1.29, 1.82) is 0 Å². The number of amides is 1. The Morgan fingerprint density at radius 3 is 2.26 bits per heavy atom. The molecule has 0 aliphatic heterocycles. The van der Waals surface area contributed by atoms with Gasteiger partial charge < -0.3 is 24.2 Å². The zero-order valence-electron chi connectivity index (χ0n) is 22.7. The fraction of sp³-hybridized carbons (Fsp3) is 0.269. The summed E-state index contributed by atoms with van der Waals surface area (Å²) in [5, 5.41) is 15.1. The van der Waals surface area contributed by atoms with Gasteiger partial charge in [0.15, 0.2) is 0 Å². The molecule has 3 aromatic carbocycles. The van der Waals surface area contributed by atoms with Crippen LogP contribution in [0.1, 0.15) is 22.3 Å². The van der Waals surface area contributed by atoms with Crippen molar-refractivity contribution in [3.63, 3.8) is 0 Å². The number of nitrogens with one attached hydrogen (secondary N) is 3. The van der Waals surface area contributed by atoms with Crippen LogP contribution < -0.4 is 19.9 Å². The molecule has 0 fully saturated rings. The smallest absolute Gasteiger partial charge is 0.416 e. The monoisotopic (exact) mass is 631 g/mol. The van der Waals surface area contributed by atoms with Crippen LogP contribution in [0.25, 0.3) is 11.1 Å². The molecule has 16 heteroatoms. The van der Waals surface area contributed by atoms with Gasteiger partial charge in [-0.2, -0.15) is 13.2 Å². The number of carbonyl (C=O) groups excluding carboxylic acids is 1. The third-order valence-corrected chi connectivity index (χ3v) is 7.84. The second-order valence-electron chi connectivity index (χ2n) is 8.82. The van der Waals surface area contributed by atoms with Crippen LogP contribution in [0.4, 0.5) is 24.5 Å². The number of ether oxygens (including phenoxy) is 1. The van der Waals surface area contributed by atoms with Crippen molar-refractivity contribution in [2.75, 3.05) is 43.7 Å². The molecule has 0 heterocycles. The predicted molar refractivity (Wildman–Crippen MR) is 151 cm³/mol. The van der Waals surface area contributed by atoms with Crippen molar-refractivity contribution in [3.8, 4) is 22.6 Å². The number of sulfonamides is 1. The van der Waals surface area contributed by atoms with E-state index in [1.54, 1.807) is 0 Å². The van der Waals surface area contributed by atoms with E-state index >= 15 is 0 Å². The quantitative estimate of drug-likeness (QED) is 0.0834. The molecule has 0 radical (unpaired) electrons. The first-order chi connectivity index (χ1) is 19.6. The topological polar surface area (TPSA) is 152 Å². The summed E-state index contributed by atoms with van der Waals surface area (Å²) in [7, 11) is -4.70. The fourth-order valence-corrected chi connectivity index (χ4v) is 5.03. The van der Waals surface area contributed by atoms with E-state index in [9.17, 15) is 36.1 Å². The molecular formula is C26H29F3N3O8PS. The van der Waals surface area contributed by atoms with Gasteiger partial charge in [-0.15, -0.1) is 0 Å². The molecule has 0 aromatic heterocycles. The highest BCUT2D eigenvalue weighted by molar-refractivity contribution is 7.92. The number of hydrogen-bond acceptors (Lipinski definition) is 8. The molecule has 0 aliphatic carbocycles. The molecule has 3 rings (SSSR count). The van der Waals surface area contributed by atoms with E-state index in [1.165, 1.54) is 62.8 Å². The van der Waals surface area contributed by atoms with Crippen LogP contribution in [0.15, 0.2) is 60.7 Å². The number of phenolic OH excluding ortho intramolecular Hbond substituents is 1. The lowest BCUT2D eigenvalue weighted by atomic mass is 10.0. The molecule has 0 atom stereocenters. The van der Waals surface area contributed by atoms with Crippen LogP contribution in [0.5, 0.6) is 11.5 Å². The number of halogens is 3. The summed E-state index contributed by atoms with van der Waals surface area (Å²) in [5.74, 6) is -0.774. The molecule has 0 unspecified atom stereocenters. The number of phenols is 1. The number of carbonyl (C=O) groups is 1. The van der Waals surface area contributed by atoms with E-state index in [4.69, 9.17) is 13.8 Å². The maximum absolute atomic E-state index is 13.1. The first kappa shape index (κ1) is 32.9. The summed E-state index contributed by atoms with van der Waals surface area (Å²) >= 11 is 0. The van der Waals surface area contributed by atoms with Gasteiger partial charge in [0, 0.05) is 37.6 Å². The van der Waals surface area contributed by atoms with E-state index in [0.29, 0.717) is 17.5 Å². The Balaban J connectivity index is 1.85. The van der Waals surface area contributed by atoms with Gasteiger partial charge in [-0.25, -0.2) is 18.1 Å². The maximum Gasteiger partial charge on any atom is 0.416 e. The molecule has 3 aromatic rings. The molecule has 0 spiro atoms. The lowest BCUT2D eigenvalue weighted by Gasteiger charge is -2.16. The normalized spacial score (nSPS) is 12.1. The molecule has 228 valence electrons. The number of aromatic hydroxyl groups is 1. The number of anilines is 2. The van der Waals surface area contributed by atoms with Crippen LogP contribution in [0, 0.1) is 0 Å². The van der Waals surface area contributed by atoms with Crippen LogP contribution in [0.2, 0.25) is 0 Å². The number of hydrogen-bond donors (Lipinski definition) is 4. The van der Waals surface area contributed by atoms with Crippen molar-refractivity contribution in [2.24, 2.45) is 0 Å². The highest BCUT2D eigenvalue weighted by atomic mass is 32.2. The van der Waals surface area contributed by atoms with E-state index < -0.39 is 35.4 Å². The highest BCUT2D eigenvalue weighted by Gasteiger charge is 2.30. The lowest BCUT2D eigenvalue weighted by molar-refractivity contribution is -0.137. The van der Waals surface area contributed by atoms with Gasteiger partial charge in [-0.3, -0.25) is 9.52 Å². The van der Waals surface area contributed by atoms with Gasteiger partial charge in [0.05, 0.1) is 24.1 Å². The Hall–Kier alpha value is -3.62. The summed E-state index contributed by atoms with van der Waals surface area (Å²) in [6, 6.07) is 12.6. The second kappa shape index (κ2) is 13.6. The molecular weight excluding hydrogens is 602 g/mol. The van der Waals surface area contributed by atoms with Crippen LogP contribution in [0.3, 0.4) is 0 Å². The lowest BCUT2D eigenvalue weighted by Crippen LogP contribution is -2.17. The zero-order chi connectivity index (χ0) is 31.1. The van der Waals surface area contributed by atoms with Gasteiger partial charge in [-0.1, -0.05) is 12.1 Å². The molecule has 1 amide bonds. The zero-order valence-corrected chi connectivity index (χ0v) is 24.4. The molecule has 11 nitrogen and oxygen atoms in total. The molecule has 0 bridgehead atoms.